The molecule has 2 heterocycles. The summed E-state index contributed by atoms with van der Waals surface area (Å²) in [7, 11) is 0. The molecule has 164 valence electrons. The number of benzene rings is 1. The molecule has 32 heavy (non-hydrogen) atoms. The van der Waals surface area contributed by atoms with Crippen molar-refractivity contribution in [3.63, 3.8) is 0 Å². The first-order valence-electron chi connectivity index (χ1n) is 10.5. The Labute approximate surface area is 185 Å². The van der Waals surface area contributed by atoms with Crippen molar-refractivity contribution in [2.45, 2.75) is 43.7 Å². The fourth-order valence-corrected chi connectivity index (χ4v) is 4.04. The van der Waals surface area contributed by atoms with Gasteiger partial charge in [-0.2, -0.15) is 10.4 Å². The number of nitrogens with zero attached hydrogens (tertiary/aromatic N) is 3. The maximum absolute atomic E-state index is 13.2. The highest BCUT2D eigenvalue weighted by Gasteiger charge is 2.37. The first-order chi connectivity index (χ1) is 15.6. The second-order valence-corrected chi connectivity index (χ2v) is 8.02. The maximum Gasteiger partial charge on any atom is 0.257 e. The van der Waals surface area contributed by atoms with Gasteiger partial charge in [0, 0.05) is 24.1 Å². The lowest BCUT2D eigenvalue weighted by atomic mass is 9.77. The second-order valence-electron chi connectivity index (χ2n) is 8.02. The fraction of sp³-hybridized carbons (Fsp3) is 0.304. The zero-order valence-corrected chi connectivity index (χ0v) is 17.4. The summed E-state index contributed by atoms with van der Waals surface area (Å²) in [5.74, 6) is -0.240. The molecule has 8 nitrogen and oxygen atoms in total. The van der Waals surface area contributed by atoms with Crippen molar-refractivity contribution < 1.29 is 9.18 Å². The first kappa shape index (κ1) is 21.3. The van der Waals surface area contributed by atoms with E-state index in [0.717, 1.165) is 18.5 Å². The predicted molar refractivity (Wildman–Crippen MR) is 119 cm³/mol. The minimum atomic E-state index is -0.594. The van der Waals surface area contributed by atoms with Crippen LogP contribution in [0.5, 0.6) is 0 Å². The van der Waals surface area contributed by atoms with Gasteiger partial charge in [0.25, 0.3) is 5.91 Å². The van der Waals surface area contributed by atoms with E-state index in [0.29, 0.717) is 29.9 Å². The monoisotopic (exact) mass is 433 g/mol. The summed E-state index contributed by atoms with van der Waals surface area (Å²) in [4.78, 5) is 17.2. The van der Waals surface area contributed by atoms with Crippen LogP contribution in [-0.4, -0.2) is 32.7 Å². The molecule has 1 amide bonds. The van der Waals surface area contributed by atoms with Gasteiger partial charge in [-0.25, -0.2) is 4.39 Å². The molecule has 2 aromatic heterocycles. The summed E-state index contributed by atoms with van der Waals surface area (Å²) in [5.41, 5.74) is 1.33. The standard InChI is InChI=1S/C23H24FN7O/c24-16-3-5-17(6-4-16)29-21-20(15-27-31-21)22(32)30-23(11-12-25)9-7-18(8-10-23)28-19-2-1-13-26-14-19/h1-6,13-15,18,28H,7-11H2,(H,30,32)(H2,27,29,31). The lowest BCUT2D eigenvalue weighted by Crippen LogP contribution is -2.52. The Morgan fingerprint density at radius 2 is 1.97 bits per heavy atom. The van der Waals surface area contributed by atoms with E-state index in [2.05, 4.69) is 37.2 Å². The molecule has 1 aliphatic carbocycles. The Hall–Kier alpha value is -3.93. The van der Waals surface area contributed by atoms with Gasteiger partial charge in [-0.1, -0.05) is 0 Å². The third-order valence-electron chi connectivity index (χ3n) is 5.77. The summed E-state index contributed by atoms with van der Waals surface area (Å²) in [6, 6.07) is 12.2. The number of H-pyrrole nitrogens is 1. The van der Waals surface area contributed by atoms with E-state index in [1.54, 1.807) is 24.5 Å². The van der Waals surface area contributed by atoms with Crippen LogP contribution in [0.2, 0.25) is 0 Å². The van der Waals surface area contributed by atoms with Crippen LogP contribution in [0.15, 0.2) is 55.0 Å². The van der Waals surface area contributed by atoms with Crippen LogP contribution in [0.1, 0.15) is 42.5 Å². The van der Waals surface area contributed by atoms with Gasteiger partial charge in [-0.3, -0.25) is 14.9 Å². The van der Waals surface area contributed by atoms with Crippen molar-refractivity contribution in [3.8, 4) is 6.07 Å². The number of hydrogen-bond acceptors (Lipinski definition) is 6. The molecule has 1 aliphatic rings. The van der Waals surface area contributed by atoms with Crippen LogP contribution in [0.25, 0.3) is 0 Å². The molecule has 0 radical (unpaired) electrons. The van der Waals surface area contributed by atoms with E-state index >= 15 is 0 Å². The summed E-state index contributed by atoms with van der Waals surface area (Å²) >= 11 is 0. The van der Waals surface area contributed by atoms with E-state index in [1.165, 1.54) is 18.3 Å². The van der Waals surface area contributed by atoms with Crippen LogP contribution in [-0.2, 0) is 0 Å². The lowest BCUT2D eigenvalue weighted by Gasteiger charge is -2.39. The largest absolute Gasteiger partial charge is 0.381 e. The number of pyridine rings is 1. The Morgan fingerprint density at radius 3 is 2.66 bits per heavy atom. The lowest BCUT2D eigenvalue weighted by molar-refractivity contribution is 0.0869. The number of aromatic amines is 1. The highest BCUT2D eigenvalue weighted by atomic mass is 19.1. The van der Waals surface area contributed by atoms with E-state index < -0.39 is 5.54 Å². The van der Waals surface area contributed by atoms with Crippen molar-refractivity contribution >= 4 is 23.1 Å². The van der Waals surface area contributed by atoms with Gasteiger partial charge in [0.1, 0.15) is 17.2 Å². The Kier molecular flexibility index (Phi) is 6.31. The van der Waals surface area contributed by atoms with E-state index in [9.17, 15) is 14.4 Å². The summed E-state index contributed by atoms with van der Waals surface area (Å²) in [6.45, 7) is 0. The van der Waals surface area contributed by atoms with Gasteiger partial charge in [0.15, 0.2) is 0 Å². The Bertz CT molecular complexity index is 1080. The summed E-state index contributed by atoms with van der Waals surface area (Å²) < 4.78 is 13.2. The van der Waals surface area contributed by atoms with Crippen molar-refractivity contribution in [2.75, 3.05) is 10.6 Å². The predicted octanol–water partition coefficient (Wildman–Crippen LogP) is 4.12. The third-order valence-corrected chi connectivity index (χ3v) is 5.77. The van der Waals surface area contributed by atoms with Gasteiger partial charge in [-0.15, -0.1) is 0 Å². The average Bonchev–Trinajstić information content (AvgIpc) is 3.26. The molecule has 0 aliphatic heterocycles. The molecule has 1 saturated carbocycles. The van der Waals surface area contributed by atoms with Crippen LogP contribution >= 0.6 is 0 Å². The third kappa shape index (κ3) is 5.03. The van der Waals surface area contributed by atoms with E-state index in [-0.39, 0.29) is 24.2 Å². The summed E-state index contributed by atoms with van der Waals surface area (Å²) in [5, 5.41) is 25.8. The number of rotatable bonds is 7. The number of hydrogen-bond donors (Lipinski definition) is 4. The molecule has 0 atom stereocenters. The maximum atomic E-state index is 13.2. The number of carbonyl (C=O) groups excluding carboxylic acids is 1. The van der Waals surface area contributed by atoms with Gasteiger partial charge in [-0.05, 0) is 62.1 Å². The molecule has 0 spiro atoms. The molecule has 1 aromatic carbocycles. The topological polar surface area (TPSA) is 119 Å². The number of nitriles is 1. The molecule has 4 N–H and O–H groups in total. The average molecular weight is 433 g/mol. The highest BCUT2D eigenvalue weighted by Crippen LogP contribution is 2.33. The number of aromatic nitrogens is 3. The van der Waals surface area contributed by atoms with Gasteiger partial charge in [0.05, 0.1) is 29.9 Å². The van der Waals surface area contributed by atoms with Gasteiger partial charge in [0.2, 0.25) is 0 Å². The molecule has 3 aromatic rings. The molecule has 4 rings (SSSR count). The molecular formula is C23H24FN7O. The van der Waals surface area contributed by atoms with Crippen molar-refractivity contribution in [3.05, 3.63) is 66.4 Å². The first-order valence-corrected chi connectivity index (χ1v) is 10.5. The second kappa shape index (κ2) is 9.47. The molecular weight excluding hydrogens is 409 g/mol. The smallest absolute Gasteiger partial charge is 0.257 e. The molecule has 0 unspecified atom stereocenters. The van der Waals surface area contributed by atoms with Crippen LogP contribution in [0.4, 0.5) is 21.6 Å². The normalized spacial score (nSPS) is 20.2. The van der Waals surface area contributed by atoms with Gasteiger partial charge >= 0.3 is 0 Å². The van der Waals surface area contributed by atoms with Crippen molar-refractivity contribution in [2.24, 2.45) is 0 Å². The van der Waals surface area contributed by atoms with E-state index in [1.807, 2.05) is 12.1 Å². The zero-order chi connectivity index (χ0) is 22.4. The Morgan fingerprint density at radius 1 is 1.19 bits per heavy atom. The minimum Gasteiger partial charge on any atom is -0.381 e. The quantitative estimate of drug-likeness (QED) is 0.445. The number of anilines is 3. The SMILES string of the molecule is N#CCC1(NC(=O)c2cn[nH]c2Nc2ccc(F)cc2)CCC(Nc2cccnc2)CC1. The van der Waals surface area contributed by atoms with E-state index in [4.69, 9.17) is 0 Å². The van der Waals surface area contributed by atoms with Crippen LogP contribution in [0, 0.1) is 17.1 Å². The Balaban J connectivity index is 1.41. The van der Waals surface area contributed by atoms with Crippen LogP contribution < -0.4 is 16.0 Å². The molecule has 1 fully saturated rings. The minimum absolute atomic E-state index is 0.233. The fourth-order valence-electron chi connectivity index (χ4n) is 4.04. The number of nitrogens with one attached hydrogen (secondary N) is 4. The summed E-state index contributed by atoms with van der Waals surface area (Å²) in [6.07, 6.45) is 8.20. The number of carbonyl (C=O) groups is 1. The van der Waals surface area contributed by atoms with Crippen molar-refractivity contribution in [1.29, 1.82) is 5.26 Å². The van der Waals surface area contributed by atoms with Crippen molar-refractivity contribution in [1.82, 2.24) is 20.5 Å². The zero-order valence-electron chi connectivity index (χ0n) is 17.4. The number of amides is 1. The van der Waals surface area contributed by atoms with Crippen LogP contribution in [0.3, 0.4) is 0 Å². The molecule has 0 saturated heterocycles. The molecule has 9 heteroatoms. The van der Waals surface area contributed by atoms with Gasteiger partial charge < -0.3 is 16.0 Å². The number of halogens is 1. The molecule has 0 bridgehead atoms. The highest BCUT2D eigenvalue weighted by molar-refractivity contribution is 5.99.